The summed E-state index contributed by atoms with van der Waals surface area (Å²) in [6, 6.07) is 10.4. The zero-order chi connectivity index (χ0) is 14.1. The summed E-state index contributed by atoms with van der Waals surface area (Å²) in [6.07, 6.45) is 1.05. The lowest BCUT2D eigenvalue weighted by molar-refractivity contribution is 0.0512. The van der Waals surface area contributed by atoms with Gasteiger partial charge in [0.25, 0.3) is 5.82 Å². The van der Waals surface area contributed by atoms with Gasteiger partial charge in [0.2, 0.25) is 0 Å². The van der Waals surface area contributed by atoms with Gasteiger partial charge in [0, 0.05) is 13.0 Å². The fourth-order valence-electron chi connectivity index (χ4n) is 2.55. The van der Waals surface area contributed by atoms with Gasteiger partial charge in [-0.3, -0.25) is 4.68 Å². The number of rotatable bonds is 4. The molecule has 5 nitrogen and oxygen atoms in total. The molecule has 20 heavy (non-hydrogen) atoms. The van der Waals surface area contributed by atoms with Gasteiger partial charge in [0.15, 0.2) is 0 Å². The van der Waals surface area contributed by atoms with E-state index in [-0.39, 0.29) is 5.82 Å². The number of esters is 1. The second-order valence-electron chi connectivity index (χ2n) is 5.00. The van der Waals surface area contributed by atoms with E-state index in [0.717, 1.165) is 12.2 Å². The standard InChI is InChI=1S/C15H17N3O2/c1-3-20-15(19)13-16-14(18(2)17-13)12-9-11(12)10-7-5-4-6-8-10/h4-8,11-12H,3,9H2,1-2H3. The lowest BCUT2D eigenvalue weighted by atomic mass is 10.1. The van der Waals surface area contributed by atoms with Crippen molar-refractivity contribution in [2.45, 2.75) is 25.2 Å². The third-order valence-electron chi connectivity index (χ3n) is 3.60. The third kappa shape index (κ3) is 2.31. The number of carbonyl (C=O) groups is 1. The maximum Gasteiger partial charge on any atom is 0.378 e. The first-order valence-corrected chi connectivity index (χ1v) is 6.83. The Bertz CT molecular complexity index is 621. The van der Waals surface area contributed by atoms with E-state index in [4.69, 9.17) is 4.74 Å². The number of aryl methyl sites for hydroxylation is 1. The number of nitrogens with zero attached hydrogens (tertiary/aromatic N) is 3. The van der Waals surface area contributed by atoms with Crippen molar-refractivity contribution in [3.05, 3.63) is 47.5 Å². The summed E-state index contributed by atoms with van der Waals surface area (Å²) in [5.74, 6) is 1.39. The summed E-state index contributed by atoms with van der Waals surface area (Å²) in [4.78, 5) is 16.0. The molecule has 1 aliphatic rings. The Kier molecular flexibility index (Phi) is 3.26. The van der Waals surface area contributed by atoms with E-state index >= 15 is 0 Å². The molecule has 0 N–H and O–H groups in total. The molecule has 0 radical (unpaired) electrons. The van der Waals surface area contributed by atoms with Crippen molar-refractivity contribution in [3.8, 4) is 0 Å². The van der Waals surface area contributed by atoms with E-state index in [1.807, 2.05) is 25.2 Å². The van der Waals surface area contributed by atoms with Gasteiger partial charge in [-0.2, -0.15) is 0 Å². The van der Waals surface area contributed by atoms with Crippen LogP contribution < -0.4 is 0 Å². The van der Waals surface area contributed by atoms with Crippen molar-refractivity contribution < 1.29 is 9.53 Å². The van der Waals surface area contributed by atoms with Crippen LogP contribution in [0.4, 0.5) is 0 Å². The molecule has 104 valence electrons. The first-order valence-electron chi connectivity index (χ1n) is 6.83. The van der Waals surface area contributed by atoms with Crippen LogP contribution in [0.2, 0.25) is 0 Å². The van der Waals surface area contributed by atoms with Crippen molar-refractivity contribution in [1.29, 1.82) is 0 Å². The molecule has 2 atom stereocenters. The highest BCUT2D eigenvalue weighted by Crippen LogP contribution is 2.53. The molecule has 0 aliphatic heterocycles. The van der Waals surface area contributed by atoms with E-state index in [2.05, 4.69) is 22.2 Å². The monoisotopic (exact) mass is 271 g/mol. The van der Waals surface area contributed by atoms with Crippen LogP contribution in [0.15, 0.2) is 30.3 Å². The van der Waals surface area contributed by atoms with Gasteiger partial charge in [-0.15, -0.1) is 5.10 Å². The number of carbonyl (C=O) groups excluding carboxylic acids is 1. The van der Waals surface area contributed by atoms with Gasteiger partial charge in [-0.25, -0.2) is 9.78 Å². The maximum absolute atomic E-state index is 11.6. The van der Waals surface area contributed by atoms with Crippen LogP contribution in [0.5, 0.6) is 0 Å². The first-order chi connectivity index (χ1) is 9.70. The number of aromatic nitrogens is 3. The highest BCUT2D eigenvalue weighted by atomic mass is 16.5. The van der Waals surface area contributed by atoms with Crippen LogP contribution in [0, 0.1) is 0 Å². The molecule has 3 rings (SSSR count). The molecule has 2 unspecified atom stereocenters. The number of hydrogen-bond donors (Lipinski definition) is 0. The van der Waals surface area contributed by atoms with Gasteiger partial charge < -0.3 is 4.74 Å². The zero-order valence-electron chi connectivity index (χ0n) is 11.6. The van der Waals surface area contributed by atoms with E-state index in [1.165, 1.54) is 5.56 Å². The number of ether oxygens (including phenoxy) is 1. The second kappa shape index (κ2) is 5.07. The van der Waals surface area contributed by atoms with Gasteiger partial charge in [-0.05, 0) is 24.8 Å². The predicted octanol–water partition coefficient (Wildman–Crippen LogP) is 2.26. The summed E-state index contributed by atoms with van der Waals surface area (Å²) < 4.78 is 6.62. The average Bonchev–Trinajstić information content (AvgIpc) is 3.16. The van der Waals surface area contributed by atoms with Crippen molar-refractivity contribution in [2.75, 3.05) is 6.61 Å². The van der Waals surface area contributed by atoms with E-state index in [0.29, 0.717) is 18.4 Å². The molecule has 1 aromatic carbocycles. The van der Waals surface area contributed by atoms with Gasteiger partial charge in [-0.1, -0.05) is 30.3 Å². The molecule has 1 fully saturated rings. The van der Waals surface area contributed by atoms with Crippen LogP contribution in [0.25, 0.3) is 0 Å². The molecule has 0 amide bonds. The summed E-state index contributed by atoms with van der Waals surface area (Å²) >= 11 is 0. The number of hydrogen-bond acceptors (Lipinski definition) is 4. The minimum atomic E-state index is -0.453. The fourth-order valence-corrected chi connectivity index (χ4v) is 2.55. The van der Waals surface area contributed by atoms with Crippen molar-refractivity contribution in [1.82, 2.24) is 14.8 Å². The third-order valence-corrected chi connectivity index (χ3v) is 3.60. The zero-order valence-corrected chi connectivity index (χ0v) is 11.6. The lowest BCUT2D eigenvalue weighted by Gasteiger charge is -1.99. The Hall–Kier alpha value is -2.17. The summed E-state index contributed by atoms with van der Waals surface area (Å²) in [6.45, 7) is 2.11. The molecule has 1 aromatic heterocycles. The fraction of sp³-hybridized carbons (Fsp3) is 0.400. The van der Waals surface area contributed by atoms with Crippen LogP contribution in [-0.4, -0.2) is 27.3 Å². The summed E-state index contributed by atoms with van der Waals surface area (Å²) in [5, 5.41) is 4.15. The Morgan fingerprint density at radius 3 is 2.80 bits per heavy atom. The SMILES string of the molecule is CCOC(=O)c1nc(C2CC2c2ccccc2)n(C)n1. The van der Waals surface area contributed by atoms with Gasteiger partial charge >= 0.3 is 5.97 Å². The van der Waals surface area contributed by atoms with E-state index in [1.54, 1.807) is 11.6 Å². The minimum absolute atomic E-state index is 0.156. The molecule has 0 spiro atoms. The largest absolute Gasteiger partial charge is 0.460 e. The molecule has 1 saturated carbocycles. The molecule has 5 heteroatoms. The van der Waals surface area contributed by atoms with Crippen molar-refractivity contribution in [2.24, 2.45) is 7.05 Å². The molecular formula is C15H17N3O2. The van der Waals surface area contributed by atoms with Crippen LogP contribution in [-0.2, 0) is 11.8 Å². The van der Waals surface area contributed by atoms with Crippen molar-refractivity contribution in [3.63, 3.8) is 0 Å². The van der Waals surface area contributed by atoms with E-state index < -0.39 is 5.97 Å². The lowest BCUT2D eigenvalue weighted by Crippen LogP contribution is -2.07. The molecular weight excluding hydrogens is 254 g/mol. The Morgan fingerprint density at radius 1 is 1.35 bits per heavy atom. The molecule has 2 aromatic rings. The highest BCUT2D eigenvalue weighted by Gasteiger charge is 2.43. The Morgan fingerprint density at radius 2 is 2.10 bits per heavy atom. The quantitative estimate of drug-likeness (QED) is 0.800. The molecule has 1 aliphatic carbocycles. The topological polar surface area (TPSA) is 57.0 Å². The number of benzene rings is 1. The minimum Gasteiger partial charge on any atom is -0.460 e. The molecule has 0 bridgehead atoms. The summed E-state index contributed by atoms with van der Waals surface area (Å²) in [5.41, 5.74) is 1.32. The maximum atomic E-state index is 11.6. The van der Waals surface area contributed by atoms with Crippen molar-refractivity contribution >= 4 is 5.97 Å². The average molecular weight is 271 g/mol. The molecule has 1 heterocycles. The summed E-state index contributed by atoms with van der Waals surface area (Å²) in [7, 11) is 1.82. The molecule has 0 saturated heterocycles. The van der Waals surface area contributed by atoms with Gasteiger partial charge in [0.1, 0.15) is 5.82 Å². The van der Waals surface area contributed by atoms with Gasteiger partial charge in [0.05, 0.1) is 6.61 Å². The second-order valence-corrected chi connectivity index (χ2v) is 5.00. The predicted molar refractivity (Wildman–Crippen MR) is 73.5 cm³/mol. The smallest absolute Gasteiger partial charge is 0.378 e. The van der Waals surface area contributed by atoms with Crippen LogP contribution >= 0.6 is 0 Å². The van der Waals surface area contributed by atoms with Crippen LogP contribution in [0.3, 0.4) is 0 Å². The van der Waals surface area contributed by atoms with E-state index in [9.17, 15) is 4.79 Å². The first kappa shape index (κ1) is 12.8. The Labute approximate surface area is 117 Å². The van der Waals surface area contributed by atoms with Crippen LogP contribution in [0.1, 0.15) is 47.2 Å². The Balaban J connectivity index is 1.78. The normalized spacial score (nSPS) is 20.7. The highest BCUT2D eigenvalue weighted by molar-refractivity contribution is 5.85.